The number of rotatable bonds is 5. The van der Waals surface area contributed by atoms with Gasteiger partial charge in [-0.05, 0) is 48.2 Å². The van der Waals surface area contributed by atoms with E-state index < -0.39 is 0 Å². The Morgan fingerprint density at radius 3 is 2.47 bits per heavy atom. The maximum Gasteiger partial charge on any atom is 0.180 e. The molecule has 5 rings (SSSR count). The number of aliphatic hydroxyl groups is 1. The van der Waals surface area contributed by atoms with Crippen LogP contribution in [0.5, 0.6) is 0 Å². The van der Waals surface area contributed by atoms with Gasteiger partial charge in [-0.2, -0.15) is 0 Å². The van der Waals surface area contributed by atoms with Gasteiger partial charge in [-0.1, -0.05) is 63.2 Å². The molecule has 0 saturated carbocycles. The highest BCUT2D eigenvalue weighted by atomic mass is 16.5. The Balaban J connectivity index is 1.16. The number of hydrogen-bond donors (Lipinski definition) is 1. The first-order valence-electron chi connectivity index (χ1n) is 11.9. The summed E-state index contributed by atoms with van der Waals surface area (Å²) < 4.78 is 5.49. The molecule has 5 nitrogen and oxygen atoms in total. The maximum atomic E-state index is 10.9. The van der Waals surface area contributed by atoms with Gasteiger partial charge in [-0.3, -0.25) is 4.90 Å². The molecule has 0 spiro atoms. The largest absolute Gasteiger partial charge is 0.391 e. The number of benzene rings is 2. The molecular weight excluding hydrogens is 398 g/mol. The molecule has 0 radical (unpaired) electrons. The molecule has 2 heterocycles. The summed E-state index contributed by atoms with van der Waals surface area (Å²) in [5.74, 6) is 0.978. The van der Waals surface area contributed by atoms with Crippen LogP contribution in [-0.2, 0) is 17.3 Å². The first-order chi connectivity index (χ1) is 15.3. The van der Waals surface area contributed by atoms with E-state index in [1.807, 2.05) is 18.2 Å². The summed E-state index contributed by atoms with van der Waals surface area (Å²) in [5, 5.41) is 16.3. The Kier molecular flexibility index (Phi) is 5.30. The van der Waals surface area contributed by atoms with Gasteiger partial charge in [0, 0.05) is 37.0 Å². The van der Waals surface area contributed by atoms with E-state index in [-0.39, 0.29) is 16.9 Å². The van der Waals surface area contributed by atoms with E-state index >= 15 is 0 Å². The second kappa shape index (κ2) is 7.89. The second-order valence-electron chi connectivity index (χ2n) is 10.7. The number of hydrogen-bond acceptors (Lipinski definition) is 5. The molecule has 1 N–H and O–H groups in total. The molecule has 1 aliphatic carbocycles. The van der Waals surface area contributed by atoms with Crippen LogP contribution >= 0.6 is 0 Å². The van der Waals surface area contributed by atoms with Crippen molar-refractivity contribution in [3.05, 3.63) is 59.2 Å². The van der Waals surface area contributed by atoms with E-state index in [2.05, 4.69) is 66.9 Å². The van der Waals surface area contributed by atoms with Crippen LogP contribution in [0.25, 0.3) is 11.0 Å². The minimum atomic E-state index is -0.349. The molecule has 1 aromatic heterocycles. The Morgan fingerprint density at radius 2 is 1.69 bits per heavy atom. The molecule has 32 heavy (non-hydrogen) atoms. The molecule has 1 fully saturated rings. The molecule has 2 aromatic carbocycles. The molecule has 1 atom stereocenters. The number of nitrogens with zero attached hydrogens (tertiary/aromatic N) is 3. The average Bonchev–Trinajstić information content (AvgIpc) is 3.27. The van der Waals surface area contributed by atoms with Gasteiger partial charge in [0.05, 0.1) is 11.5 Å². The fourth-order valence-corrected chi connectivity index (χ4v) is 5.83. The van der Waals surface area contributed by atoms with Gasteiger partial charge in [0.15, 0.2) is 11.4 Å². The Morgan fingerprint density at radius 1 is 0.969 bits per heavy atom. The number of aromatic nitrogens is 1. The Labute approximate surface area is 191 Å². The highest BCUT2D eigenvalue weighted by Crippen LogP contribution is 2.49. The van der Waals surface area contributed by atoms with Crippen molar-refractivity contribution in [2.45, 2.75) is 57.5 Å². The quantitative estimate of drug-likeness (QED) is 0.642. The van der Waals surface area contributed by atoms with Gasteiger partial charge in [0.2, 0.25) is 0 Å². The molecule has 3 aromatic rings. The summed E-state index contributed by atoms with van der Waals surface area (Å²) in [5.41, 5.74) is 4.48. The number of aryl methyl sites for hydroxylation is 1. The van der Waals surface area contributed by atoms with Crippen LogP contribution in [0.4, 0.5) is 5.82 Å². The second-order valence-corrected chi connectivity index (χ2v) is 10.7. The zero-order chi connectivity index (χ0) is 22.5. The van der Waals surface area contributed by atoms with E-state index in [9.17, 15) is 5.11 Å². The average molecular weight is 434 g/mol. The van der Waals surface area contributed by atoms with Crippen molar-refractivity contribution < 1.29 is 9.63 Å². The summed E-state index contributed by atoms with van der Waals surface area (Å²) in [4.78, 5) is 4.90. The maximum absolute atomic E-state index is 10.9. The number of aliphatic hydroxyl groups excluding tert-OH is 1. The summed E-state index contributed by atoms with van der Waals surface area (Å²) in [7, 11) is 0. The molecule has 2 aliphatic rings. The van der Waals surface area contributed by atoms with Gasteiger partial charge in [-0.15, -0.1) is 0 Å². The van der Waals surface area contributed by atoms with Crippen LogP contribution in [0.1, 0.15) is 50.8 Å². The van der Waals surface area contributed by atoms with E-state index in [0.717, 1.165) is 62.4 Å². The predicted octanol–water partition coefficient (Wildman–Crippen LogP) is 4.51. The lowest BCUT2D eigenvalue weighted by Gasteiger charge is -2.34. The molecule has 1 aliphatic heterocycles. The van der Waals surface area contributed by atoms with Crippen LogP contribution in [0.2, 0.25) is 0 Å². The molecular formula is C27H35N3O2. The third-order valence-corrected chi connectivity index (χ3v) is 7.81. The van der Waals surface area contributed by atoms with E-state index in [0.29, 0.717) is 0 Å². The fourth-order valence-electron chi connectivity index (χ4n) is 5.83. The first-order valence-corrected chi connectivity index (χ1v) is 11.9. The van der Waals surface area contributed by atoms with Crippen LogP contribution < -0.4 is 4.90 Å². The summed E-state index contributed by atoms with van der Waals surface area (Å²) >= 11 is 0. The Bertz CT molecular complexity index is 1110. The molecule has 1 unspecified atom stereocenters. The lowest BCUT2D eigenvalue weighted by atomic mass is 9.78. The molecule has 170 valence electrons. The lowest BCUT2D eigenvalue weighted by molar-refractivity contribution is 0.0566. The zero-order valence-corrected chi connectivity index (χ0v) is 19.8. The number of piperazine rings is 1. The van der Waals surface area contributed by atoms with Gasteiger partial charge in [-0.25, -0.2) is 0 Å². The van der Waals surface area contributed by atoms with Crippen molar-refractivity contribution in [2.75, 3.05) is 37.6 Å². The van der Waals surface area contributed by atoms with E-state index in [1.54, 1.807) is 0 Å². The smallest absolute Gasteiger partial charge is 0.180 e. The summed E-state index contributed by atoms with van der Waals surface area (Å²) in [6.07, 6.45) is 1.88. The van der Waals surface area contributed by atoms with Crippen LogP contribution in [-0.4, -0.2) is 54.0 Å². The third kappa shape index (κ3) is 3.52. The highest BCUT2D eigenvalue weighted by molar-refractivity contribution is 5.88. The predicted molar refractivity (Wildman–Crippen MR) is 129 cm³/mol. The zero-order valence-electron chi connectivity index (χ0n) is 19.8. The summed E-state index contributed by atoms with van der Waals surface area (Å²) in [6, 6.07) is 15.0. The van der Waals surface area contributed by atoms with Crippen molar-refractivity contribution in [3.8, 4) is 0 Å². The molecule has 0 bridgehead atoms. The Hall–Kier alpha value is -2.37. The minimum Gasteiger partial charge on any atom is -0.391 e. The first kappa shape index (κ1) is 21.5. The van der Waals surface area contributed by atoms with Gasteiger partial charge >= 0.3 is 0 Å². The van der Waals surface area contributed by atoms with Crippen molar-refractivity contribution in [1.29, 1.82) is 0 Å². The molecule has 1 saturated heterocycles. The standard InChI is InChI=1S/C27H35N3O2/c1-26(2)21-12-11-19(18-22(21)27(3,4)25(26)31)8-7-13-29-14-16-30(17-15-29)24-20-9-5-6-10-23(20)32-28-24/h5-6,9-12,18,25,31H,7-8,13-17H2,1-4H3. The van der Waals surface area contributed by atoms with Crippen LogP contribution in [0.3, 0.4) is 0 Å². The molecule has 5 heteroatoms. The van der Waals surface area contributed by atoms with Crippen molar-refractivity contribution >= 4 is 16.8 Å². The van der Waals surface area contributed by atoms with Crippen LogP contribution in [0.15, 0.2) is 47.0 Å². The van der Waals surface area contributed by atoms with Crippen molar-refractivity contribution in [2.24, 2.45) is 0 Å². The summed E-state index contributed by atoms with van der Waals surface area (Å²) in [6.45, 7) is 13.9. The number of fused-ring (bicyclic) bond motifs is 2. The van der Waals surface area contributed by atoms with Gasteiger partial charge in [0.25, 0.3) is 0 Å². The third-order valence-electron chi connectivity index (χ3n) is 7.81. The van der Waals surface area contributed by atoms with Crippen molar-refractivity contribution in [3.63, 3.8) is 0 Å². The lowest BCUT2D eigenvalue weighted by Crippen LogP contribution is -2.46. The normalized spacial score (nSPS) is 22.4. The van der Waals surface area contributed by atoms with Gasteiger partial charge in [0.1, 0.15) is 0 Å². The molecule has 0 amide bonds. The SMILES string of the molecule is CC1(C)c2ccc(CCCN3CCN(c4noc5ccccc45)CC3)cc2C(C)(C)C1O. The number of para-hydroxylation sites is 1. The highest BCUT2D eigenvalue weighted by Gasteiger charge is 2.50. The topological polar surface area (TPSA) is 52.7 Å². The van der Waals surface area contributed by atoms with E-state index in [1.165, 1.54) is 16.7 Å². The van der Waals surface area contributed by atoms with Crippen molar-refractivity contribution in [1.82, 2.24) is 10.1 Å². The minimum absolute atomic E-state index is 0.188. The van der Waals surface area contributed by atoms with Crippen LogP contribution in [0, 0.1) is 0 Å². The monoisotopic (exact) mass is 433 g/mol. The number of anilines is 1. The van der Waals surface area contributed by atoms with E-state index in [4.69, 9.17) is 4.52 Å². The fraction of sp³-hybridized carbons (Fsp3) is 0.519. The van der Waals surface area contributed by atoms with Gasteiger partial charge < -0.3 is 14.5 Å².